The van der Waals surface area contributed by atoms with Crippen LogP contribution in [0.1, 0.15) is 72.1 Å². The lowest BCUT2D eigenvalue weighted by atomic mass is 9.44. The molecule has 0 amide bonds. The van der Waals surface area contributed by atoms with Crippen LogP contribution in [0.25, 0.3) is 0 Å². The third kappa shape index (κ3) is 4.99. The van der Waals surface area contributed by atoms with Gasteiger partial charge in [-0.2, -0.15) is 0 Å². The fourth-order valence-corrected chi connectivity index (χ4v) is 11.8. The number of nitrogens with zero attached hydrogens (tertiary/aromatic N) is 1. The summed E-state index contributed by atoms with van der Waals surface area (Å²) in [6.07, 6.45) is 11.0. The molecule has 3 unspecified atom stereocenters. The highest BCUT2D eigenvalue weighted by molar-refractivity contribution is 6.70. The molecule has 0 bridgehead atoms. The Morgan fingerprint density at radius 3 is 2.24 bits per heavy atom. The number of oxime groups is 1. The van der Waals surface area contributed by atoms with Crippen molar-refractivity contribution in [1.82, 2.24) is 0 Å². The van der Waals surface area contributed by atoms with Crippen LogP contribution in [0.4, 0.5) is 0 Å². The monoisotopic (exact) mass is 507 g/mol. The Morgan fingerprint density at radius 1 is 0.912 bits per heavy atom. The van der Waals surface area contributed by atoms with E-state index in [-0.39, 0.29) is 5.41 Å². The van der Waals surface area contributed by atoms with Crippen molar-refractivity contribution in [3.05, 3.63) is 0 Å². The van der Waals surface area contributed by atoms with E-state index >= 15 is 0 Å². The first-order chi connectivity index (χ1) is 15.7. The van der Waals surface area contributed by atoms with Crippen LogP contribution in [0, 0.1) is 40.4 Å². The molecule has 196 valence electrons. The van der Waals surface area contributed by atoms with Gasteiger partial charge in [-0.05, 0) is 132 Å². The zero-order chi connectivity index (χ0) is 25.1. The first kappa shape index (κ1) is 26.9. The third-order valence-electron chi connectivity index (χ3n) is 10.2. The van der Waals surface area contributed by atoms with Crippen molar-refractivity contribution >= 4 is 22.3 Å². The summed E-state index contributed by atoms with van der Waals surface area (Å²) < 4.78 is 13.3. The van der Waals surface area contributed by atoms with Crippen molar-refractivity contribution in [3.8, 4) is 0 Å². The van der Waals surface area contributed by atoms with Crippen LogP contribution in [0.2, 0.25) is 39.3 Å². The first-order valence-electron chi connectivity index (χ1n) is 14.1. The minimum absolute atomic E-state index is 0.277. The van der Waals surface area contributed by atoms with Gasteiger partial charge in [0.05, 0.1) is 5.71 Å². The van der Waals surface area contributed by atoms with Gasteiger partial charge in [-0.25, -0.2) is 0 Å². The molecule has 4 fully saturated rings. The molecule has 4 saturated carbocycles. The summed E-state index contributed by atoms with van der Waals surface area (Å²) in [5.74, 6) is 3.48. The summed E-state index contributed by atoms with van der Waals surface area (Å²) in [6.45, 7) is 21.6. The van der Waals surface area contributed by atoms with Gasteiger partial charge in [-0.3, -0.25) is 0 Å². The number of rotatable bonds is 6. The van der Waals surface area contributed by atoms with Crippen LogP contribution in [0.15, 0.2) is 5.16 Å². The van der Waals surface area contributed by atoms with E-state index in [1.807, 2.05) is 0 Å². The van der Waals surface area contributed by atoms with Crippen LogP contribution in [-0.2, 0) is 13.7 Å². The maximum Gasteiger partial charge on any atom is 0.184 e. The molecular weight excluding hydrogens is 454 g/mol. The maximum atomic E-state index is 6.68. The molecule has 0 aromatic rings. The van der Waals surface area contributed by atoms with E-state index in [1.165, 1.54) is 50.7 Å². The predicted octanol–water partition coefficient (Wildman–Crippen LogP) is 7.72. The van der Waals surface area contributed by atoms with E-state index in [4.69, 9.17) is 18.8 Å². The van der Waals surface area contributed by atoms with Gasteiger partial charge >= 0.3 is 0 Å². The molecule has 0 aliphatic heterocycles. The van der Waals surface area contributed by atoms with Gasteiger partial charge < -0.3 is 13.7 Å². The van der Waals surface area contributed by atoms with Gasteiger partial charge in [0.1, 0.15) is 7.11 Å². The molecule has 0 radical (unpaired) electrons. The highest BCUT2D eigenvalue weighted by Gasteiger charge is 2.63. The molecule has 0 heterocycles. The third-order valence-corrected chi connectivity index (χ3v) is 12.3. The fraction of sp³-hybridized carbons (Fsp3) is 0.964. The van der Waals surface area contributed by atoms with E-state index < -0.39 is 16.6 Å². The maximum absolute atomic E-state index is 6.68. The molecule has 6 heteroatoms. The van der Waals surface area contributed by atoms with Crippen molar-refractivity contribution in [2.24, 2.45) is 45.6 Å². The molecule has 0 saturated heterocycles. The second kappa shape index (κ2) is 9.29. The smallest absolute Gasteiger partial charge is 0.184 e. The van der Waals surface area contributed by atoms with Gasteiger partial charge in [-0.1, -0.05) is 19.0 Å². The molecule has 0 N–H and O–H groups in total. The topological polar surface area (TPSA) is 40.0 Å². The van der Waals surface area contributed by atoms with Crippen LogP contribution >= 0.6 is 0 Å². The minimum Gasteiger partial charge on any atom is -0.415 e. The predicted molar refractivity (Wildman–Crippen MR) is 147 cm³/mol. The van der Waals surface area contributed by atoms with Crippen molar-refractivity contribution in [2.45, 2.75) is 124 Å². The highest BCUT2D eigenvalue weighted by Crippen LogP contribution is 2.67. The normalized spacial score (nSPS) is 44.8. The Bertz CT molecular complexity index is 775. The summed E-state index contributed by atoms with van der Waals surface area (Å²) >= 11 is 0. The zero-order valence-electron chi connectivity index (χ0n) is 23.9. The second-order valence-electron chi connectivity index (χ2n) is 14.7. The van der Waals surface area contributed by atoms with E-state index in [2.05, 4.69) is 60.1 Å². The molecule has 0 aromatic heterocycles. The van der Waals surface area contributed by atoms with Gasteiger partial charge in [-0.15, -0.1) is 0 Å². The molecule has 34 heavy (non-hydrogen) atoms. The zero-order valence-corrected chi connectivity index (χ0v) is 25.9. The quantitative estimate of drug-likeness (QED) is 0.273. The van der Waals surface area contributed by atoms with Crippen molar-refractivity contribution in [1.29, 1.82) is 0 Å². The van der Waals surface area contributed by atoms with Crippen LogP contribution < -0.4 is 0 Å². The Kier molecular flexibility index (Phi) is 7.34. The van der Waals surface area contributed by atoms with Crippen LogP contribution in [-0.4, -0.2) is 41.7 Å². The van der Waals surface area contributed by atoms with Gasteiger partial charge in [0.2, 0.25) is 0 Å². The lowest BCUT2D eigenvalue weighted by Gasteiger charge is -2.61. The van der Waals surface area contributed by atoms with Crippen LogP contribution in [0.5, 0.6) is 0 Å². The molecule has 4 aliphatic rings. The highest BCUT2D eigenvalue weighted by atomic mass is 28.4. The standard InChI is InChI=1S/C28H53NO3Si2/c1-19(31-33(5,6)7)23-13-14-24-22-12-11-20-17-21(32-34(8,9)10)15-16-27(20,2)26(22)25(29-30-4)18-28(23,24)3/h19-24,26H,11-18H2,1-10H3/t19-,20-,21+,22?,23+,24?,26?,27-,28+/m0/s1. The second-order valence-corrected chi connectivity index (χ2v) is 23.6. The minimum atomic E-state index is -1.57. The lowest BCUT2D eigenvalue weighted by Crippen LogP contribution is -2.58. The number of hydrogen-bond acceptors (Lipinski definition) is 4. The summed E-state index contributed by atoms with van der Waals surface area (Å²) in [5.41, 5.74) is 1.98. The van der Waals surface area contributed by atoms with Gasteiger partial charge in [0.25, 0.3) is 0 Å². The number of hydrogen-bond donors (Lipinski definition) is 0. The van der Waals surface area contributed by atoms with E-state index in [0.29, 0.717) is 29.5 Å². The Morgan fingerprint density at radius 2 is 1.62 bits per heavy atom. The largest absolute Gasteiger partial charge is 0.415 e. The molecule has 4 nitrogen and oxygen atoms in total. The molecule has 0 spiro atoms. The summed E-state index contributed by atoms with van der Waals surface area (Å²) in [4.78, 5) is 5.56. The first-order valence-corrected chi connectivity index (χ1v) is 20.9. The van der Waals surface area contributed by atoms with Gasteiger partial charge in [0, 0.05) is 18.1 Å². The Labute approximate surface area is 212 Å². The van der Waals surface area contributed by atoms with Crippen molar-refractivity contribution < 1.29 is 13.7 Å². The van der Waals surface area contributed by atoms with E-state index in [0.717, 1.165) is 24.2 Å². The molecular formula is C28H53NO3Si2. The summed E-state index contributed by atoms with van der Waals surface area (Å²) in [5, 5.41) is 4.82. The average Bonchev–Trinajstić information content (AvgIpc) is 3.02. The molecule has 9 atom stereocenters. The summed E-state index contributed by atoms with van der Waals surface area (Å²) in [7, 11) is -1.32. The van der Waals surface area contributed by atoms with Crippen molar-refractivity contribution in [3.63, 3.8) is 0 Å². The average molecular weight is 508 g/mol. The van der Waals surface area contributed by atoms with Gasteiger partial charge in [0.15, 0.2) is 16.6 Å². The molecule has 0 aromatic carbocycles. The summed E-state index contributed by atoms with van der Waals surface area (Å²) in [6, 6.07) is 0. The lowest BCUT2D eigenvalue weighted by molar-refractivity contribution is -0.0867. The fourth-order valence-electron chi connectivity index (χ4n) is 9.33. The van der Waals surface area contributed by atoms with E-state index in [9.17, 15) is 0 Å². The molecule has 4 rings (SSSR count). The van der Waals surface area contributed by atoms with Crippen LogP contribution in [0.3, 0.4) is 0 Å². The number of fused-ring (bicyclic) bond motifs is 5. The van der Waals surface area contributed by atoms with Crippen molar-refractivity contribution in [2.75, 3.05) is 7.11 Å². The Hall–Kier alpha value is -0.176. The Balaban J connectivity index is 1.60. The SMILES string of the molecule is CON=C1C[C@@]2(C)C(CC[C@@H]2[C@H](C)O[Si](C)(C)C)C2CC[C@H]3C[C@H](O[Si](C)(C)C)CC[C@]3(C)C12. The van der Waals surface area contributed by atoms with E-state index in [1.54, 1.807) is 7.11 Å². The molecule has 4 aliphatic carbocycles.